The van der Waals surface area contributed by atoms with Gasteiger partial charge in [-0.05, 0) is 37.2 Å². The summed E-state index contributed by atoms with van der Waals surface area (Å²) in [5.41, 5.74) is 7.28. The Labute approximate surface area is 139 Å². The van der Waals surface area contributed by atoms with Crippen molar-refractivity contribution < 1.29 is 4.79 Å². The van der Waals surface area contributed by atoms with Crippen molar-refractivity contribution in [1.29, 1.82) is 0 Å². The lowest BCUT2D eigenvalue weighted by atomic mass is 9.78. The molecule has 2 fully saturated rings. The number of nitrogens with two attached hydrogens (primary N) is 1. The van der Waals surface area contributed by atoms with Crippen LogP contribution in [0.15, 0.2) is 30.3 Å². The van der Waals surface area contributed by atoms with Gasteiger partial charge >= 0.3 is 0 Å². The number of benzene rings is 1. The first-order valence-electron chi connectivity index (χ1n) is 8.35. The Morgan fingerprint density at radius 1 is 1.14 bits per heavy atom. The fourth-order valence-electron chi connectivity index (χ4n) is 4.06. The molecule has 0 aromatic heterocycles. The second-order valence-corrected chi connectivity index (χ2v) is 6.56. The minimum Gasteiger partial charge on any atom is -0.339 e. The van der Waals surface area contributed by atoms with Crippen LogP contribution in [0, 0.1) is 5.92 Å². The standard InChI is InChI=1S/C18H26N2O.ClH/c19-16(14-7-2-1-3-8-14)13-18(21)20-12-6-10-15-9-4-5-11-17(15)20;/h1-3,7-8,15-17H,4-6,9-13,19H2;1H. The number of amides is 1. The molecular weight excluding hydrogens is 296 g/mol. The van der Waals surface area contributed by atoms with Crippen LogP contribution in [0.5, 0.6) is 0 Å². The summed E-state index contributed by atoms with van der Waals surface area (Å²) in [5.74, 6) is 0.993. The number of likely N-dealkylation sites (tertiary alicyclic amines) is 1. The average molecular weight is 323 g/mol. The molecule has 2 N–H and O–H groups in total. The van der Waals surface area contributed by atoms with Gasteiger partial charge in [-0.15, -0.1) is 12.4 Å². The van der Waals surface area contributed by atoms with E-state index < -0.39 is 0 Å². The largest absolute Gasteiger partial charge is 0.339 e. The van der Waals surface area contributed by atoms with E-state index in [-0.39, 0.29) is 24.4 Å². The van der Waals surface area contributed by atoms with Crippen LogP contribution in [0.4, 0.5) is 0 Å². The Morgan fingerprint density at radius 3 is 2.59 bits per heavy atom. The van der Waals surface area contributed by atoms with Gasteiger partial charge in [-0.3, -0.25) is 4.79 Å². The molecule has 22 heavy (non-hydrogen) atoms. The molecule has 3 nitrogen and oxygen atoms in total. The molecule has 1 saturated carbocycles. The van der Waals surface area contributed by atoms with Crippen LogP contribution in [0.25, 0.3) is 0 Å². The fraction of sp³-hybridized carbons (Fsp3) is 0.611. The minimum absolute atomic E-state index is 0. The van der Waals surface area contributed by atoms with Gasteiger partial charge in [0.25, 0.3) is 0 Å². The summed E-state index contributed by atoms with van der Waals surface area (Å²) >= 11 is 0. The predicted octanol–water partition coefficient (Wildman–Crippen LogP) is 3.68. The van der Waals surface area contributed by atoms with E-state index in [1.165, 1.54) is 32.1 Å². The average Bonchev–Trinajstić information content (AvgIpc) is 2.55. The maximum absolute atomic E-state index is 12.7. The lowest BCUT2D eigenvalue weighted by Crippen LogP contribution is -2.50. The molecule has 3 rings (SSSR count). The summed E-state index contributed by atoms with van der Waals surface area (Å²) in [7, 11) is 0. The summed E-state index contributed by atoms with van der Waals surface area (Å²) in [4.78, 5) is 14.8. The number of hydrogen-bond donors (Lipinski definition) is 1. The summed E-state index contributed by atoms with van der Waals surface area (Å²) in [5, 5.41) is 0. The molecule has 0 spiro atoms. The van der Waals surface area contributed by atoms with E-state index in [0.29, 0.717) is 12.5 Å². The van der Waals surface area contributed by atoms with Gasteiger partial charge in [0.05, 0.1) is 0 Å². The third-order valence-electron chi connectivity index (χ3n) is 5.19. The van der Waals surface area contributed by atoms with Gasteiger partial charge in [0.1, 0.15) is 0 Å². The highest BCUT2D eigenvalue weighted by Gasteiger charge is 2.35. The quantitative estimate of drug-likeness (QED) is 0.922. The molecule has 1 heterocycles. The highest BCUT2D eigenvalue weighted by Crippen LogP contribution is 2.35. The zero-order chi connectivity index (χ0) is 14.7. The Balaban J connectivity index is 0.00000176. The van der Waals surface area contributed by atoms with Gasteiger partial charge in [-0.25, -0.2) is 0 Å². The smallest absolute Gasteiger partial charge is 0.224 e. The number of piperidine rings is 1. The highest BCUT2D eigenvalue weighted by atomic mass is 35.5. The maximum Gasteiger partial charge on any atom is 0.224 e. The lowest BCUT2D eigenvalue weighted by molar-refractivity contribution is -0.137. The molecular formula is C18H27ClN2O. The molecule has 1 aliphatic heterocycles. The minimum atomic E-state index is -0.178. The van der Waals surface area contributed by atoms with Gasteiger partial charge in [0.15, 0.2) is 0 Å². The molecule has 0 bridgehead atoms. The maximum atomic E-state index is 12.7. The number of fused-ring (bicyclic) bond motifs is 1. The number of nitrogens with zero attached hydrogens (tertiary/aromatic N) is 1. The molecule has 122 valence electrons. The predicted molar refractivity (Wildman–Crippen MR) is 91.9 cm³/mol. The summed E-state index contributed by atoms with van der Waals surface area (Å²) < 4.78 is 0. The van der Waals surface area contributed by atoms with Crippen LogP contribution in [0.3, 0.4) is 0 Å². The number of carbonyl (C=O) groups is 1. The topological polar surface area (TPSA) is 46.3 Å². The van der Waals surface area contributed by atoms with Crippen LogP contribution in [0.1, 0.15) is 56.6 Å². The van der Waals surface area contributed by atoms with E-state index in [1.807, 2.05) is 30.3 Å². The normalized spacial score (nSPS) is 25.8. The molecule has 3 atom stereocenters. The first-order chi connectivity index (χ1) is 10.3. The van der Waals surface area contributed by atoms with Crippen molar-refractivity contribution >= 4 is 18.3 Å². The van der Waals surface area contributed by atoms with Gasteiger partial charge < -0.3 is 10.6 Å². The molecule has 1 amide bonds. The Hall–Kier alpha value is -1.06. The second kappa shape index (κ2) is 7.98. The molecule has 1 aromatic rings. The van der Waals surface area contributed by atoms with Crippen LogP contribution >= 0.6 is 12.4 Å². The third kappa shape index (κ3) is 3.82. The number of rotatable bonds is 3. The van der Waals surface area contributed by atoms with Crippen LogP contribution < -0.4 is 5.73 Å². The van der Waals surface area contributed by atoms with Crippen molar-refractivity contribution in [2.75, 3.05) is 6.54 Å². The number of carbonyl (C=O) groups excluding carboxylic acids is 1. The van der Waals surface area contributed by atoms with Gasteiger partial charge in [0.2, 0.25) is 5.91 Å². The van der Waals surface area contributed by atoms with E-state index in [2.05, 4.69) is 4.90 Å². The molecule has 1 aromatic carbocycles. The van der Waals surface area contributed by atoms with E-state index >= 15 is 0 Å². The van der Waals surface area contributed by atoms with Crippen molar-refractivity contribution in [3.05, 3.63) is 35.9 Å². The van der Waals surface area contributed by atoms with Crippen LogP contribution in [-0.4, -0.2) is 23.4 Å². The van der Waals surface area contributed by atoms with Crippen molar-refractivity contribution in [1.82, 2.24) is 4.90 Å². The molecule has 1 aliphatic carbocycles. The third-order valence-corrected chi connectivity index (χ3v) is 5.19. The molecule has 1 saturated heterocycles. The number of hydrogen-bond acceptors (Lipinski definition) is 2. The fourth-order valence-corrected chi connectivity index (χ4v) is 4.06. The lowest BCUT2D eigenvalue weighted by Gasteiger charge is -2.44. The number of halogens is 1. The Bertz CT molecular complexity index is 477. The van der Waals surface area contributed by atoms with E-state index in [9.17, 15) is 4.79 Å². The van der Waals surface area contributed by atoms with Crippen molar-refractivity contribution in [3.63, 3.8) is 0 Å². The van der Waals surface area contributed by atoms with Crippen LogP contribution in [0.2, 0.25) is 0 Å². The summed E-state index contributed by atoms with van der Waals surface area (Å²) in [6, 6.07) is 10.3. The zero-order valence-corrected chi connectivity index (χ0v) is 13.9. The highest BCUT2D eigenvalue weighted by molar-refractivity contribution is 5.85. The molecule has 2 aliphatic rings. The Kier molecular flexibility index (Phi) is 6.27. The molecule has 3 unspecified atom stereocenters. The molecule has 4 heteroatoms. The summed E-state index contributed by atoms with van der Waals surface area (Å²) in [6.45, 7) is 0.932. The molecule has 0 radical (unpaired) electrons. The van der Waals surface area contributed by atoms with Crippen molar-refractivity contribution in [2.24, 2.45) is 11.7 Å². The van der Waals surface area contributed by atoms with Gasteiger partial charge in [-0.1, -0.05) is 43.2 Å². The SMILES string of the molecule is Cl.NC(CC(=O)N1CCCC2CCCCC21)c1ccccc1. The van der Waals surface area contributed by atoms with E-state index in [0.717, 1.165) is 24.4 Å². The van der Waals surface area contributed by atoms with Crippen molar-refractivity contribution in [2.45, 2.75) is 57.0 Å². The monoisotopic (exact) mass is 322 g/mol. The second-order valence-electron chi connectivity index (χ2n) is 6.56. The van der Waals surface area contributed by atoms with Gasteiger partial charge in [0, 0.05) is 25.0 Å². The van der Waals surface area contributed by atoms with Gasteiger partial charge in [-0.2, -0.15) is 0 Å². The first-order valence-corrected chi connectivity index (χ1v) is 8.35. The summed E-state index contributed by atoms with van der Waals surface area (Å²) in [6.07, 6.45) is 8.01. The van der Waals surface area contributed by atoms with E-state index in [4.69, 9.17) is 5.73 Å². The van der Waals surface area contributed by atoms with E-state index in [1.54, 1.807) is 0 Å². The first kappa shape index (κ1) is 17.3. The van der Waals surface area contributed by atoms with Crippen LogP contribution in [-0.2, 0) is 4.79 Å². The zero-order valence-electron chi connectivity index (χ0n) is 13.1. The van der Waals surface area contributed by atoms with Crippen molar-refractivity contribution in [3.8, 4) is 0 Å². The Morgan fingerprint density at radius 2 is 1.82 bits per heavy atom.